The van der Waals surface area contributed by atoms with Gasteiger partial charge in [0.05, 0.1) is 4.91 Å². The SMILES string of the molecule is O=C1/C(=C/c2ccccc2)SC(=S)N1CCc1ccc(O)cc1. The second-order valence-electron chi connectivity index (χ2n) is 5.16. The van der Waals surface area contributed by atoms with Crippen LogP contribution in [-0.4, -0.2) is 26.8 Å². The average molecular weight is 341 g/mol. The molecule has 1 N–H and O–H groups in total. The van der Waals surface area contributed by atoms with Gasteiger partial charge in [-0.25, -0.2) is 0 Å². The number of carbonyl (C=O) groups is 1. The van der Waals surface area contributed by atoms with Gasteiger partial charge < -0.3 is 5.11 Å². The molecule has 1 amide bonds. The van der Waals surface area contributed by atoms with E-state index in [4.69, 9.17) is 12.2 Å². The van der Waals surface area contributed by atoms with Gasteiger partial charge in [0.25, 0.3) is 5.91 Å². The molecule has 0 radical (unpaired) electrons. The number of hydrogen-bond donors (Lipinski definition) is 1. The molecular weight excluding hydrogens is 326 g/mol. The summed E-state index contributed by atoms with van der Waals surface area (Å²) in [5, 5.41) is 9.30. The predicted molar refractivity (Wildman–Crippen MR) is 98.1 cm³/mol. The Bertz CT molecular complexity index is 754. The first-order valence-corrected chi connectivity index (χ1v) is 8.44. The zero-order valence-electron chi connectivity index (χ0n) is 12.3. The molecule has 3 nitrogen and oxygen atoms in total. The average Bonchev–Trinajstić information content (AvgIpc) is 2.82. The molecule has 0 unspecified atom stereocenters. The standard InChI is InChI=1S/C18H15NO2S2/c20-15-8-6-13(7-9-15)10-11-19-17(21)16(23-18(19)22)12-14-4-2-1-3-5-14/h1-9,12,20H,10-11H2/b16-12-. The highest BCUT2D eigenvalue weighted by atomic mass is 32.2. The summed E-state index contributed by atoms with van der Waals surface area (Å²) >= 11 is 6.68. The van der Waals surface area contributed by atoms with Crippen molar-refractivity contribution in [2.24, 2.45) is 0 Å². The number of phenolic OH excluding ortho intramolecular Hbond substituents is 1. The number of rotatable bonds is 4. The van der Waals surface area contributed by atoms with E-state index in [9.17, 15) is 9.90 Å². The number of thiocarbonyl (C=S) groups is 1. The summed E-state index contributed by atoms with van der Waals surface area (Å²) in [5.74, 6) is 0.202. The van der Waals surface area contributed by atoms with Crippen molar-refractivity contribution < 1.29 is 9.90 Å². The number of hydrogen-bond acceptors (Lipinski definition) is 4. The zero-order valence-corrected chi connectivity index (χ0v) is 13.9. The molecule has 0 spiro atoms. The first-order valence-electron chi connectivity index (χ1n) is 7.22. The molecule has 1 heterocycles. The van der Waals surface area contributed by atoms with E-state index in [1.807, 2.05) is 48.5 Å². The van der Waals surface area contributed by atoms with Gasteiger partial charge >= 0.3 is 0 Å². The molecule has 3 rings (SSSR count). The molecule has 23 heavy (non-hydrogen) atoms. The van der Waals surface area contributed by atoms with Gasteiger partial charge in [0, 0.05) is 6.54 Å². The first-order chi connectivity index (χ1) is 11.1. The van der Waals surface area contributed by atoms with E-state index in [0.29, 0.717) is 22.2 Å². The number of carbonyl (C=O) groups excluding carboxylic acids is 1. The fourth-order valence-electron chi connectivity index (χ4n) is 2.30. The van der Waals surface area contributed by atoms with Crippen LogP contribution < -0.4 is 0 Å². The van der Waals surface area contributed by atoms with Gasteiger partial charge in [-0.15, -0.1) is 0 Å². The van der Waals surface area contributed by atoms with Crippen molar-refractivity contribution in [1.29, 1.82) is 0 Å². The second-order valence-corrected chi connectivity index (χ2v) is 6.84. The van der Waals surface area contributed by atoms with Gasteiger partial charge in [0.15, 0.2) is 0 Å². The Kier molecular flexibility index (Phi) is 4.79. The summed E-state index contributed by atoms with van der Waals surface area (Å²) in [6.45, 7) is 0.543. The first kappa shape index (κ1) is 15.8. The van der Waals surface area contributed by atoms with Crippen LogP contribution in [0.4, 0.5) is 0 Å². The van der Waals surface area contributed by atoms with Gasteiger partial charge in [-0.05, 0) is 35.8 Å². The van der Waals surface area contributed by atoms with Crippen molar-refractivity contribution in [1.82, 2.24) is 4.90 Å². The van der Waals surface area contributed by atoms with Crippen LogP contribution in [0.15, 0.2) is 59.5 Å². The summed E-state index contributed by atoms with van der Waals surface area (Å²) in [5.41, 5.74) is 2.05. The molecule has 1 aliphatic rings. The van der Waals surface area contributed by atoms with E-state index in [2.05, 4.69) is 0 Å². The molecule has 116 valence electrons. The van der Waals surface area contributed by atoms with Crippen LogP contribution in [0.25, 0.3) is 6.08 Å². The van der Waals surface area contributed by atoms with Crippen LogP contribution in [0, 0.1) is 0 Å². The van der Waals surface area contributed by atoms with E-state index < -0.39 is 0 Å². The van der Waals surface area contributed by atoms with Crippen LogP contribution in [-0.2, 0) is 11.2 Å². The van der Waals surface area contributed by atoms with Crippen molar-refractivity contribution in [2.75, 3.05) is 6.54 Å². The van der Waals surface area contributed by atoms with Gasteiger partial charge in [0.1, 0.15) is 10.1 Å². The van der Waals surface area contributed by atoms with Gasteiger partial charge in [-0.1, -0.05) is 66.4 Å². The normalized spacial score (nSPS) is 16.3. The molecule has 5 heteroatoms. The smallest absolute Gasteiger partial charge is 0.266 e. The molecule has 0 bridgehead atoms. The van der Waals surface area contributed by atoms with E-state index in [1.165, 1.54) is 11.8 Å². The summed E-state index contributed by atoms with van der Waals surface area (Å²) in [7, 11) is 0. The Balaban J connectivity index is 1.69. The third-order valence-electron chi connectivity index (χ3n) is 3.53. The minimum atomic E-state index is -0.0392. The lowest BCUT2D eigenvalue weighted by Gasteiger charge is -2.14. The fourth-order valence-corrected chi connectivity index (χ4v) is 3.61. The summed E-state index contributed by atoms with van der Waals surface area (Å²) in [4.78, 5) is 14.8. The molecule has 1 saturated heterocycles. The molecule has 1 aliphatic heterocycles. The topological polar surface area (TPSA) is 40.5 Å². The van der Waals surface area contributed by atoms with Crippen LogP contribution in [0.2, 0.25) is 0 Å². The Morgan fingerprint density at radius 3 is 2.48 bits per heavy atom. The predicted octanol–water partition coefficient (Wildman–Crippen LogP) is 3.84. The Hall–Kier alpha value is -2.11. The maximum atomic E-state index is 12.5. The van der Waals surface area contributed by atoms with Gasteiger partial charge in [0.2, 0.25) is 0 Å². The third-order valence-corrected chi connectivity index (χ3v) is 4.91. The quantitative estimate of drug-likeness (QED) is 0.678. The van der Waals surface area contributed by atoms with Crippen molar-refractivity contribution >= 4 is 40.3 Å². The Morgan fingerprint density at radius 1 is 1.09 bits per heavy atom. The summed E-state index contributed by atoms with van der Waals surface area (Å²) in [6.07, 6.45) is 2.57. The molecule has 0 saturated carbocycles. The van der Waals surface area contributed by atoms with E-state index >= 15 is 0 Å². The van der Waals surface area contributed by atoms with E-state index in [0.717, 1.165) is 11.1 Å². The van der Waals surface area contributed by atoms with Crippen LogP contribution in [0.5, 0.6) is 5.75 Å². The number of amides is 1. The largest absolute Gasteiger partial charge is 0.508 e. The van der Waals surface area contributed by atoms with Gasteiger partial charge in [-0.3, -0.25) is 9.69 Å². The van der Waals surface area contributed by atoms with Gasteiger partial charge in [-0.2, -0.15) is 0 Å². The third kappa shape index (κ3) is 3.81. The molecule has 0 aromatic heterocycles. The number of aromatic hydroxyl groups is 1. The van der Waals surface area contributed by atoms with Crippen LogP contribution in [0.1, 0.15) is 11.1 Å². The second kappa shape index (κ2) is 6.98. The summed E-state index contributed by atoms with van der Waals surface area (Å²) < 4.78 is 0.593. The Morgan fingerprint density at radius 2 is 1.78 bits per heavy atom. The van der Waals surface area contributed by atoms with Crippen LogP contribution >= 0.6 is 24.0 Å². The van der Waals surface area contributed by atoms with Crippen LogP contribution in [0.3, 0.4) is 0 Å². The minimum Gasteiger partial charge on any atom is -0.508 e. The maximum absolute atomic E-state index is 12.5. The molecule has 0 atom stereocenters. The lowest BCUT2D eigenvalue weighted by molar-refractivity contribution is -0.122. The fraction of sp³-hybridized carbons (Fsp3) is 0.111. The molecule has 2 aromatic rings. The maximum Gasteiger partial charge on any atom is 0.266 e. The van der Waals surface area contributed by atoms with Crippen molar-refractivity contribution in [3.63, 3.8) is 0 Å². The molecular formula is C18H15NO2S2. The summed E-state index contributed by atoms with van der Waals surface area (Å²) in [6, 6.07) is 16.8. The Labute approximate surface area is 144 Å². The zero-order chi connectivity index (χ0) is 16.2. The lowest BCUT2D eigenvalue weighted by Crippen LogP contribution is -2.30. The number of benzene rings is 2. The van der Waals surface area contributed by atoms with E-state index in [1.54, 1.807) is 17.0 Å². The molecule has 1 fully saturated rings. The number of phenols is 1. The lowest BCUT2D eigenvalue weighted by atomic mass is 10.1. The van der Waals surface area contributed by atoms with Crippen molar-refractivity contribution in [3.05, 3.63) is 70.6 Å². The van der Waals surface area contributed by atoms with Crippen molar-refractivity contribution in [2.45, 2.75) is 6.42 Å². The molecule has 0 aliphatic carbocycles. The monoisotopic (exact) mass is 341 g/mol. The minimum absolute atomic E-state index is 0.0392. The highest BCUT2D eigenvalue weighted by Gasteiger charge is 2.31. The highest BCUT2D eigenvalue weighted by molar-refractivity contribution is 8.26. The number of nitrogens with zero attached hydrogens (tertiary/aromatic N) is 1. The molecule has 2 aromatic carbocycles. The van der Waals surface area contributed by atoms with Crippen molar-refractivity contribution in [3.8, 4) is 5.75 Å². The highest BCUT2D eigenvalue weighted by Crippen LogP contribution is 2.32. The van der Waals surface area contributed by atoms with E-state index in [-0.39, 0.29) is 11.7 Å². The number of thioether (sulfide) groups is 1.